The molecule has 31 heavy (non-hydrogen) atoms. The van der Waals surface area contributed by atoms with Crippen LogP contribution in [0.5, 0.6) is 0 Å². The quantitative estimate of drug-likeness (QED) is 0.214. The molecule has 23 nitrogen and oxygen atoms in total. The normalized spacial score (nSPS) is 9.52. The van der Waals surface area contributed by atoms with Gasteiger partial charge in [0.2, 0.25) is 0 Å². The maximum atomic E-state index is 8.55. The predicted molar refractivity (Wildman–Crippen MR) is 48.9 cm³/mol. The van der Waals surface area contributed by atoms with E-state index in [1.807, 2.05) is 0 Å². The van der Waals surface area contributed by atoms with Crippen molar-refractivity contribution >= 4 is 39.1 Å². The molecule has 0 aromatic heterocycles. The Labute approximate surface area is 207 Å². The average Bonchev–Trinajstić information content (AvgIpc) is 1.79. The van der Waals surface area contributed by atoms with Crippen molar-refractivity contribution in [1.82, 2.24) is 0 Å². The molecule has 0 amide bonds. The van der Waals surface area contributed by atoms with Crippen LogP contribution < -0.4 is 73.4 Å². The van der Waals surface area contributed by atoms with Crippen molar-refractivity contribution in [3.8, 4) is 0 Å². The second-order valence-corrected chi connectivity index (χ2v) is 6.71. The summed E-state index contributed by atoms with van der Waals surface area (Å²) in [4.78, 5) is 128. The van der Waals surface area contributed by atoms with E-state index < -0.39 is 39.1 Å². The largest absolute Gasteiger partial charge is 0.822 e. The van der Waals surface area contributed by atoms with Crippen molar-refractivity contribution in [2.45, 2.75) is 0 Å². The molecule has 0 aliphatic rings. The van der Waals surface area contributed by atoms with Gasteiger partial charge in [-0.1, -0.05) is 0 Å². The Hall–Kier alpha value is 2.18. The van der Waals surface area contributed by atoms with E-state index in [1.54, 1.807) is 0 Å². The van der Waals surface area contributed by atoms with Gasteiger partial charge in [0.15, 0.2) is 0 Å². The Morgan fingerprint density at radius 2 is 0.258 bits per heavy atom. The maximum absolute atomic E-state index is 8.55. The Morgan fingerprint density at radius 1 is 0.258 bits per heavy atom. The molecule has 0 spiro atoms. The molecule has 0 atom stereocenters. The van der Waals surface area contributed by atoms with Crippen LogP contribution in [0.2, 0.25) is 0 Å². The summed E-state index contributed by atoms with van der Waals surface area (Å²) < 4.78 is 42.7. The van der Waals surface area contributed by atoms with E-state index in [4.69, 9.17) is 96.2 Å². The minimum atomic E-state index is -5.39. The van der Waals surface area contributed by atoms with Gasteiger partial charge in [0.25, 0.3) is 0 Å². The van der Waals surface area contributed by atoms with Crippen molar-refractivity contribution in [3.63, 3.8) is 0 Å². The van der Waals surface area contributed by atoms with Crippen LogP contribution in [-0.4, -0.2) is 16.4 Å². The van der Waals surface area contributed by atoms with Crippen molar-refractivity contribution < 1.29 is 168 Å². The first-order valence-corrected chi connectivity index (χ1v) is 11.0. The summed E-state index contributed by atoms with van der Waals surface area (Å²) in [5.41, 5.74) is 0. The molecule has 0 saturated carbocycles. The van der Waals surface area contributed by atoms with Crippen LogP contribution in [0.4, 0.5) is 0 Å². The zero-order valence-electron chi connectivity index (χ0n) is 13.2. The topological polar surface area (TPSA) is 526 Å². The molecule has 31 heteroatoms. The second-order valence-electron chi connectivity index (χ2n) is 2.24. The Kier molecular flexibility index (Phi) is 68.1. The summed E-state index contributed by atoms with van der Waals surface area (Å²) >= 11 is 0. The molecule has 0 saturated heterocycles. The van der Waals surface area contributed by atoms with Crippen molar-refractivity contribution in [3.05, 3.63) is 0 Å². The molecule has 6 N–H and O–H groups in total. The first-order chi connectivity index (χ1) is 10.0. The van der Waals surface area contributed by atoms with Crippen molar-refractivity contribution in [2.75, 3.05) is 0 Å². The van der Waals surface area contributed by atoms with E-state index in [0.717, 1.165) is 0 Å². The molecule has 0 aliphatic carbocycles. The summed E-state index contributed by atoms with van der Waals surface area (Å²) in [5.74, 6) is 0. The van der Waals surface area contributed by atoms with Crippen LogP contribution in [-0.2, 0) is 78.5 Å². The Morgan fingerprint density at radius 3 is 0.258 bits per heavy atom. The van der Waals surface area contributed by atoms with E-state index in [1.165, 1.54) is 0 Å². The van der Waals surface area contributed by atoms with Gasteiger partial charge < -0.3 is 113 Å². The fraction of sp³-hybridized carbons (Fsp3) is 0. The molecule has 3 radical (unpaired) electrons. The molecule has 199 valence electrons. The Bertz CT molecular complexity index is 380. The van der Waals surface area contributed by atoms with Crippen LogP contribution >= 0.6 is 39.1 Å². The van der Waals surface area contributed by atoms with E-state index in [9.17, 15) is 0 Å². The third kappa shape index (κ3) is 6150. The third-order valence-corrected chi connectivity index (χ3v) is 0. The predicted octanol–water partition coefficient (Wildman–Crippen LogP) is -16.6. The van der Waals surface area contributed by atoms with Crippen molar-refractivity contribution in [1.29, 1.82) is 0 Å². The van der Waals surface area contributed by atoms with E-state index in [2.05, 4.69) is 0 Å². The fourth-order valence-electron chi connectivity index (χ4n) is 0. The van der Waals surface area contributed by atoms with E-state index in [-0.39, 0.29) is 72.1 Å². The average molecular weight is 682 g/mol. The molecule has 0 aromatic carbocycles. The van der Waals surface area contributed by atoms with Gasteiger partial charge in [0.1, 0.15) is 0 Å². The minimum Gasteiger partial charge on any atom is -0.822 e. The molecular formula is H6O23P5V3-15. The van der Waals surface area contributed by atoms with Gasteiger partial charge in [-0.25, -0.2) is 0 Å². The molecule has 0 heterocycles. The van der Waals surface area contributed by atoms with Crippen LogP contribution in [0.15, 0.2) is 0 Å². The standard InChI is InChI=1S/5H3O4P.3H2O.3V/c5*1-5(2,3)4;;;;;;/h5*(H3,1,2,3,4);3*1H2;;;/p-15. The van der Waals surface area contributed by atoms with Gasteiger partial charge in [-0.2, -0.15) is 39.1 Å². The molecule has 0 aliphatic heterocycles. The summed E-state index contributed by atoms with van der Waals surface area (Å²) in [6.07, 6.45) is 0. The Balaban J connectivity index is -0.0000000171. The first-order valence-electron chi connectivity index (χ1n) is 3.65. The molecule has 0 bridgehead atoms. The van der Waals surface area contributed by atoms with Gasteiger partial charge in [-0.3, -0.25) is 0 Å². The molecule has 0 fully saturated rings. The molecule has 0 unspecified atom stereocenters. The van der Waals surface area contributed by atoms with Gasteiger partial charge in [0.05, 0.1) is 0 Å². The smallest absolute Gasteiger partial charge is 0 e. The van der Waals surface area contributed by atoms with Gasteiger partial charge >= 0.3 is 0 Å². The summed E-state index contributed by atoms with van der Waals surface area (Å²) in [6.45, 7) is 0. The van der Waals surface area contributed by atoms with Crippen LogP contribution in [0.1, 0.15) is 0 Å². The van der Waals surface area contributed by atoms with Crippen LogP contribution in [0, 0.1) is 0 Å². The molecular weight excluding hydrogens is 676 g/mol. The number of hydrogen-bond donors (Lipinski definition) is 0. The third-order valence-electron chi connectivity index (χ3n) is 0. The number of rotatable bonds is 0. The first kappa shape index (κ1) is 69.8. The van der Waals surface area contributed by atoms with Crippen molar-refractivity contribution in [2.24, 2.45) is 0 Å². The summed E-state index contributed by atoms with van der Waals surface area (Å²) in [7, 11) is -26.9. The van der Waals surface area contributed by atoms with Crippen LogP contribution in [0.25, 0.3) is 0 Å². The van der Waals surface area contributed by atoms with E-state index in [0.29, 0.717) is 0 Å². The van der Waals surface area contributed by atoms with Gasteiger partial charge in [-0.15, -0.1) is 0 Å². The van der Waals surface area contributed by atoms with Gasteiger partial charge in [-0.05, 0) is 0 Å². The molecule has 0 aromatic rings. The monoisotopic (exact) mass is 682 g/mol. The maximum Gasteiger partial charge on any atom is 0 e. The zero-order chi connectivity index (χ0) is 22.5. The minimum absolute atomic E-state index is 0. The van der Waals surface area contributed by atoms with Gasteiger partial charge in [0, 0.05) is 55.7 Å². The van der Waals surface area contributed by atoms with Crippen LogP contribution in [0.3, 0.4) is 0 Å². The zero-order valence-corrected chi connectivity index (χ0v) is 21.9. The molecule has 0 rings (SSSR count). The SMILES string of the molecule is O.O.O.O=P([O-])([O-])[O-].O=P([O-])([O-])[O-].O=P([O-])([O-])[O-].O=P([O-])([O-])[O-].O=P([O-])([O-])[O-].[V].[V].[V]. The summed E-state index contributed by atoms with van der Waals surface area (Å²) in [6, 6.07) is 0. The fourth-order valence-corrected chi connectivity index (χ4v) is 0. The number of phosphoric acid groups is 5. The number of hydrogen-bond acceptors (Lipinski definition) is 20. The van der Waals surface area contributed by atoms with E-state index >= 15 is 0 Å². The summed E-state index contributed by atoms with van der Waals surface area (Å²) in [5, 5.41) is 0. The second kappa shape index (κ2) is 30.2.